The van der Waals surface area contributed by atoms with Crippen LogP contribution in [0.25, 0.3) is 0 Å². The highest BCUT2D eigenvalue weighted by Gasteiger charge is 2.61. The van der Waals surface area contributed by atoms with Crippen LogP contribution < -0.4 is 0 Å². The van der Waals surface area contributed by atoms with Gasteiger partial charge in [0.25, 0.3) is 0 Å². The molecule has 27 heavy (non-hydrogen) atoms. The van der Waals surface area contributed by atoms with Gasteiger partial charge < -0.3 is 9.47 Å². The normalized spacial score (nSPS) is 52.0. The zero-order valence-corrected chi connectivity index (χ0v) is 17.5. The summed E-state index contributed by atoms with van der Waals surface area (Å²) in [5.74, 6) is 1.75. The Labute approximate surface area is 163 Å². The molecule has 0 aromatic heterocycles. The fraction of sp³-hybridized carbons (Fsp3) is 0.792. The summed E-state index contributed by atoms with van der Waals surface area (Å²) in [6.07, 6.45) is 11.5. The molecule has 148 valence electrons. The SMILES string of the molecule is C/C=C1/C(=O)C[C@H]2[C@@H]3CC=C4[C@H]5OC(C)(C)O[C@H]5CC[C@]4(C)[C@H]3CC[C@]12C. The van der Waals surface area contributed by atoms with Crippen LogP contribution in [-0.4, -0.2) is 23.8 Å². The maximum absolute atomic E-state index is 12.7. The monoisotopic (exact) mass is 370 g/mol. The average Bonchev–Trinajstić information content (AvgIpc) is 3.05. The number of hydrogen-bond acceptors (Lipinski definition) is 3. The Hall–Kier alpha value is -0.930. The van der Waals surface area contributed by atoms with Crippen molar-refractivity contribution in [2.75, 3.05) is 0 Å². The summed E-state index contributed by atoms with van der Waals surface area (Å²) >= 11 is 0. The van der Waals surface area contributed by atoms with E-state index in [1.165, 1.54) is 18.4 Å². The molecular formula is C24H34O3. The van der Waals surface area contributed by atoms with Crippen molar-refractivity contribution in [3.05, 3.63) is 23.3 Å². The number of Topliss-reactive ketones (excluding diaryl/α,β-unsaturated/α-hetero) is 1. The molecule has 5 rings (SSSR count). The van der Waals surface area contributed by atoms with Gasteiger partial charge in [-0.2, -0.15) is 0 Å². The molecule has 4 aliphatic carbocycles. The van der Waals surface area contributed by atoms with Crippen LogP contribution in [0.4, 0.5) is 0 Å². The minimum absolute atomic E-state index is 0.0981. The van der Waals surface area contributed by atoms with Crippen molar-refractivity contribution in [2.45, 2.75) is 91.1 Å². The number of ketones is 1. The van der Waals surface area contributed by atoms with Gasteiger partial charge in [0, 0.05) is 6.42 Å². The lowest BCUT2D eigenvalue weighted by molar-refractivity contribution is -0.143. The molecule has 3 saturated carbocycles. The first-order chi connectivity index (χ1) is 12.7. The van der Waals surface area contributed by atoms with E-state index in [0.717, 1.165) is 31.3 Å². The molecule has 1 heterocycles. The highest BCUT2D eigenvalue weighted by molar-refractivity contribution is 5.99. The molecule has 3 nitrogen and oxygen atoms in total. The van der Waals surface area contributed by atoms with E-state index in [-0.39, 0.29) is 23.0 Å². The molecule has 5 aliphatic rings. The molecule has 0 aromatic carbocycles. The number of allylic oxidation sites excluding steroid dienone is 3. The highest BCUT2D eigenvalue weighted by atomic mass is 16.8. The number of rotatable bonds is 0. The van der Waals surface area contributed by atoms with Gasteiger partial charge in [-0.05, 0) is 92.6 Å². The Morgan fingerprint density at radius 1 is 1.04 bits per heavy atom. The van der Waals surface area contributed by atoms with Crippen LogP contribution in [-0.2, 0) is 14.3 Å². The van der Waals surface area contributed by atoms with Crippen LogP contribution in [0.3, 0.4) is 0 Å². The first-order valence-electron chi connectivity index (χ1n) is 11.0. The van der Waals surface area contributed by atoms with Crippen molar-refractivity contribution < 1.29 is 14.3 Å². The fourth-order valence-corrected chi connectivity index (χ4v) is 7.79. The highest BCUT2D eigenvalue weighted by Crippen LogP contribution is 2.66. The number of fused-ring (bicyclic) bond motifs is 7. The maximum atomic E-state index is 12.7. The Kier molecular flexibility index (Phi) is 3.74. The molecule has 1 saturated heterocycles. The van der Waals surface area contributed by atoms with Gasteiger partial charge in [0.15, 0.2) is 11.6 Å². The summed E-state index contributed by atoms with van der Waals surface area (Å²) in [6, 6.07) is 0. The van der Waals surface area contributed by atoms with Gasteiger partial charge in [0.2, 0.25) is 0 Å². The number of carbonyl (C=O) groups is 1. The molecule has 0 spiro atoms. The first kappa shape index (κ1) is 18.1. The third-order valence-corrected chi connectivity index (χ3v) is 8.96. The molecule has 0 amide bonds. The van der Waals surface area contributed by atoms with E-state index in [4.69, 9.17) is 9.47 Å². The summed E-state index contributed by atoms with van der Waals surface area (Å²) in [4.78, 5) is 12.7. The predicted octanol–water partition coefficient (Wildman–Crippen LogP) is 5.20. The molecule has 0 bridgehead atoms. The van der Waals surface area contributed by atoms with Crippen LogP contribution in [0.1, 0.15) is 73.1 Å². The van der Waals surface area contributed by atoms with Gasteiger partial charge in [0.05, 0.1) is 6.10 Å². The summed E-state index contributed by atoms with van der Waals surface area (Å²) in [7, 11) is 0. The molecule has 7 atom stereocenters. The zero-order valence-electron chi connectivity index (χ0n) is 17.5. The lowest BCUT2D eigenvalue weighted by Crippen LogP contribution is -2.52. The van der Waals surface area contributed by atoms with Gasteiger partial charge >= 0.3 is 0 Å². The maximum Gasteiger partial charge on any atom is 0.164 e. The van der Waals surface area contributed by atoms with Crippen molar-refractivity contribution >= 4 is 5.78 Å². The lowest BCUT2D eigenvalue weighted by atomic mass is 9.47. The third kappa shape index (κ3) is 2.31. The van der Waals surface area contributed by atoms with Crippen LogP contribution in [0, 0.1) is 28.6 Å². The van der Waals surface area contributed by atoms with E-state index in [0.29, 0.717) is 23.5 Å². The minimum atomic E-state index is -0.470. The fourth-order valence-electron chi connectivity index (χ4n) is 7.79. The average molecular weight is 371 g/mol. The molecule has 4 fully saturated rings. The lowest BCUT2D eigenvalue weighted by Gasteiger charge is -2.57. The van der Waals surface area contributed by atoms with Crippen LogP contribution >= 0.6 is 0 Å². The van der Waals surface area contributed by atoms with Crippen LogP contribution in [0.15, 0.2) is 23.3 Å². The van der Waals surface area contributed by atoms with Crippen molar-refractivity contribution in [2.24, 2.45) is 28.6 Å². The first-order valence-corrected chi connectivity index (χ1v) is 11.0. The molecule has 0 unspecified atom stereocenters. The third-order valence-electron chi connectivity index (χ3n) is 8.96. The van der Waals surface area contributed by atoms with Crippen molar-refractivity contribution in [1.29, 1.82) is 0 Å². The van der Waals surface area contributed by atoms with Crippen molar-refractivity contribution in [3.63, 3.8) is 0 Å². The molecule has 1 aliphatic heterocycles. The van der Waals surface area contributed by atoms with E-state index in [1.807, 2.05) is 20.8 Å². The summed E-state index contributed by atoms with van der Waals surface area (Å²) in [5.41, 5.74) is 2.92. The second kappa shape index (κ2) is 5.57. The van der Waals surface area contributed by atoms with Gasteiger partial charge in [-0.15, -0.1) is 0 Å². The van der Waals surface area contributed by atoms with E-state index >= 15 is 0 Å². The standard InChI is InChI=1S/C24H34O3/c1-6-15-19(25)13-18-14-7-8-17-21-20(26-22(2,3)27-21)10-12-24(17,5)16(14)9-11-23(15,18)4/h6,8,14,16,18,20-21H,7,9-13H2,1-5H3/b15-6-/t14-,16+,18+,20+,21-,23-,24-/m1/s1. The van der Waals surface area contributed by atoms with Gasteiger partial charge in [0.1, 0.15) is 6.10 Å². The predicted molar refractivity (Wildman–Crippen MR) is 105 cm³/mol. The number of hydrogen-bond donors (Lipinski definition) is 0. The second-order valence-electron chi connectivity index (χ2n) is 10.6. The minimum Gasteiger partial charge on any atom is -0.344 e. The Bertz CT molecular complexity index is 747. The molecule has 3 heteroatoms. The van der Waals surface area contributed by atoms with E-state index in [2.05, 4.69) is 26.0 Å². The van der Waals surface area contributed by atoms with Crippen molar-refractivity contribution in [1.82, 2.24) is 0 Å². The molecule has 0 radical (unpaired) electrons. The number of ether oxygens (including phenoxy) is 2. The topological polar surface area (TPSA) is 35.5 Å². The van der Waals surface area contributed by atoms with Crippen LogP contribution in [0.5, 0.6) is 0 Å². The quantitative estimate of drug-likeness (QED) is 0.434. The summed E-state index contributed by atoms with van der Waals surface area (Å²) in [6.45, 7) is 11.0. The van der Waals surface area contributed by atoms with Crippen molar-refractivity contribution in [3.8, 4) is 0 Å². The largest absolute Gasteiger partial charge is 0.344 e. The van der Waals surface area contributed by atoms with Gasteiger partial charge in [-0.1, -0.05) is 26.0 Å². The van der Waals surface area contributed by atoms with Gasteiger partial charge in [-0.3, -0.25) is 4.79 Å². The summed E-state index contributed by atoms with van der Waals surface area (Å²) in [5, 5.41) is 0. The zero-order chi connectivity index (χ0) is 19.2. The smallest absolute Gasteiger partial charge is 0.164 e. The Morgan fingerprint density at radius 3 is 2.52 bits per heavy atom. The molecular weight excluding hydrogens is 336 g/mol. The van der Waals surface area contributed by atoms with Crippen LogP contribution in [0.2, 0.25) is 0 Å². The second-order valence-corrected chi connectivity index (χ2v) is 10.6. The molecule has 0 aromatic rings. The van der Waals surface area contributed by atoms with Gasteiger partial charge in [-0.25, -0.2) is 0 Å². The summed E-state index contributed by atoms with van der Waals surface area (Å²) < 4.78 is 12.6. The van der Waals surface area contributed by atoms with E-state index < -0.39 is 5.79 Å². The Balaban J connectivity index is 1.51. The number of carbonyl (C=O) groups excluding carboxylic acids is 1. The molecule has 0 N–H and O–H groups in total. The Morgan fingerprint density at radius 2 is 1.78 bits per heavy atom. The van der Waals surface area contributed by atoms with E-state index in [9.17, 15) is 4.79 Å². The van der Waals surface area contributed by atoms with E-state index in [1.54, 1.807) is 0 Å².